The molecule has 0 amide bonds. The Bertz CT molecular complexity index is 919. The molecule has 9 heteroatoms. The maximum Gasteiger partial charge on any atom is 0.446 e. The molecule has 1 atom stereocenters. The van der Waals surface area contributed by atoms with E-state index in [0.29, 0.717) is 0 Å². The van der Waals surface area contributed by atoms with Crippen LogP contribution in [-0.2, 0) is 6.42 Å². The Hall–Kier alpha value is -2.18. The van der Waals surface area contributed by atoms with E-state index in [4.69, 9.17) is 5.26 Å². The van der Waals surface area contributed by atoms with E-state index < -0.39 is 52.0 Å². The third kappa shape index (κ3) is 3.39. The molecule has 0 radical (unpaired) electrons. The molecule has 0 aromatic heterocycles. The van der Waals surface area contributed by atoms with Gasteiger partial charge in [0.05, 0.1) is 11.6 Å². The van der Waals surface area contributed by atoms with E-state index in [2.05, 4.69) is 0 Å². The van der Waals surface area contributed by atoms with Crippen molar-refractivity contribution < 1.29 is 31.4 Å². The molecule has 26 heavy (non-hydrogen) atoms. The second-order valence-corrected chi connectivity index (χ2v) is 6.84. The van der Waals surface area contributed by atoms with Crippen molar-refractivity contribution in [3.05, 3.63) is 52.8 Å². The molecule has 0 saturated carbocycles. The number of hydrogen-bond acceptors (Lipinski definition) is 3. The highest BCUT2D eigenvalue weighted by atomic mass is 32.2. The lowest BCUT2D eigenvalue weighted by atomic mass is 9.95. The van der Waals surface area contributed by atoms with Gasteiger partial charge in [0.25, 0.3) is 5.92 Å². The van der Waals surface area contributed by atoms with E-state index in [1.807, 2.05) is 0 Å². The number of nitriles is 1. The Morgan fingerprint density at radius 1 is 1.19 bits per heavy atom. The molecule has 3 rings (SSSR count). The third-order valence-electron chi connectivity index (χ3n) is 3.97. The second kappa shape index (κ2) is 6.21. The summed E-state index contributed by atoms with van der Waals surface area (Å²) in [6.07, 6.45) is -3.38. The molecule has 2 nitrogen and oxygen atoms in total. The fourth-order valence-electron chi connectivity index (χ4n) is 2.97. The highest BCUT2D eigenvalue weighted by Gasteiger charge is 2.50. The topological polar surface area (TPSA) is 44.0 Å². The predicted molar refractivity (Wildman–Crippen MR) is 82.1 cm³/mol. The van der Waals surface area contributed by atoms with Crippen LogP contribution in [-0.4, -0.2) is 16.5 Å². The van der Waals surface area contributed by atoms with Gasteiger partial charge in [0, 0.05) is 16.9 Å². The molecule has 1 N–H and O–H groups in total. The van der Waals surface area contributed by atoms with Crippen LogP contribution in [0.15, 0.2) is 35.2 Å². The molecule has 0 saturated heterocycles. The van der Waals surface area contributed by atoms with Gasteiger partial charge in [-0.25, -0.2) is 13.2 Å². The van der Waals surface area contributed by atoms with Crippen LogP contribution in [0, 0.1) is 17.1 Å². The van der Waals surface area contributed by atoms with E-state index in [9.17, 15) is 31.4 Å². The monoisotopic (exact) mass is 389 g/mol. The number of thioether (sulfide) groups is 1. The minimum atomic E-state index is -4.72. The number of rotatable bonds is 2. The lowest BCUT2D eigenvalue weighted by Crippen LogP contribution is -2.21. The highest BCUT2D eigenvalue weighted by Crippen LogP contribution is 2.52. The molecule has 0 spiro atoms. The fourth-order valence-corrected chi connectivity index (χ4v) is 3.70. The first-order valence-corrected chi connectivity index (χ1v) is 8.02. The van der Waals surface area contributed by atoms with Crippen molar-refractivity contribution >= 4 is 11.8 Å². The van der Waals surface area contributed by atoms with E-state index in [0.717, 1.165) is 24.3 Å². The van der Waals surface area contributed by atoms with Crippen molar-refractivity contribution in [1.29, 1.82) is 5.26 Å². The number of nitrogens with zero attached hydrogens (tertiary/aromatic N) is 1. The summed E-state index contributed by atoms with van der Waals surface area (Å²) in [6, 6.07) is 7.04. The molecule has 1 unspecified atom stereocenters. The summed E-state index contributed by atoms with van der Waals surface area (Å²) < 4.78 is 79.8. The van der Waals surface area contributed by atoms with Gasteiger partial charge in [-0.05, 0) is 52.7 Å². The van der Waals surface area contributed by atoms with Gasteiger partial charge in [0.2, 0.25) is 0 Å². The van der Waals surface area contributed by atoms with Crippen molar-refractivity contribution in [1.82, 2.24) is 0 Å². The number of fused-ring (bicyclic) bond motifs is 1. The average molecular weight is 389 g/mol. The van der Waals surface area contributed by atoms with E-state index >= 15 is 0 Å². The summed E-state index contributed by atoms with van der Waals surface area (Å²) in [7, 11) is 0. The van der Waals surface area contributed by atoms with Gasteiger partial charge in [0.15, 0.2) is 0 Å². The van der Waals surface area contributed by atoms with Gasteiger partial charge < -0.3 is 5.11 Å². The number of benzene rings is 2. The fraction of sp³-hybridized carbons (Fsp3) is 0.235. The number of hydrogen-bond donors (Lipinski definition) is 1. The summed E-state index contributed by atoms with van der Waals surface area (Å²) in [4.78, 5) is -0.530. The number of alkyl halides is 5. The van der Waals surface area contributed by atoms with Crippen LogP contribution in [0.4, 0.5) is 26.3 Å². The molecule has 136 valence electrons. The quantitative estimate of drug-likeness (QED) is 0.567. The van der Waals surface area contributed by atoms with Crippen molar-refractivity contribution in [2.75, 3.05) is 0 Å². The van der Waals surface area contributed by atoms with Crippen LogP contribution in [0.2, 0.25) is 0 Å². The van der Waals surface area contributed by atoms with E-state index in [1.165, 1.54) is 6.07 Å². The van der Waals surface area contributed by atoms with Crippen LogP contribution >= 0.6 is 11.8 Å². The Morgan fingerprint density at radius 2 is 1.88 bits per heavy atom. The zero-order chi connectivity index (χ0) is 19.3. The lowest BCUT2D eigenvalue weighted by molar-refractivity contribution is -0.0976. The number of aliphatic hydroxyl groups is 1. The zero-order valence-corrected chi connectivity index (χ0v) is 13.6. The molecule has 1 aliphatic carbocycles. The van der Waals surface area contributed by atoms with Gasteiger partial charge in [-0.1, -0.05) is 6.07 Å². The predicted octanol–water partition coefficient (Wildman–Crippen LogP) is 5.20. The van der Waals surface area contributed by atoms with Crippen molar-refractivity contribution in [2.24, 2.45) is 0 Å². The first kappa shape index (κ1) is 18.6. The molecule has 0 aliphatic heterocycles. The molecule has 0 heterocycles. The maximum absolute atomic E-state index is 14.0. The first-order valence-electron chi connectivity index (χ1n) is 7.20. The Kier molecular flexibility index (Phi) is 4.45. The smallest absolute Gasteiger partial charge is 0.382 e. The summed E-state index contributed by atoms with van der Waals surface area (Å²) in [6.45, 7) is 0. The number of aliphatic hydroxyl groups excluding tert-OH is 1. The second-order valence-electron chi connectivity index (χ2n) is 5.73. The van der Waals surface area contributed by atoms with Gasteiger partial charge in [0.1, 0.15) is 11.9 Å². The molecule has 2 aromatic carbocycles. The largest absolute Gasteiger partial charge is 0.446 e. The minimum absolute atomic E-state index is 0.0544. The molecular weight excluding hydrogens is 380 g/mol. The van der Waals surface area contributed by atoms with Crippen LogP contribution in [0.5, 0.6) is 0 Å². The zero-order valence-electron chi connectivity index (χ0n) is 12.7. The van der Waals surface area contributed by atoms with E-state index in [-0.39, 0.29) is 22.3 Å². The van der Waals surface area contributed by atoms with E-state index in [1.54, 1.807) is 6.07 Å². The summed E-state index contributed by atoms with van der Waals surface area (Å²) in [5, 5.41) is 18.8. The minimum Gasteiger partial charge on any atom is -0.382 e. The van der Waals surface area contributed by atoms with Crippen molar-refractivity contribution in [3.63, 3.8) is 0 Å². The average Bonchev–Trinajstić information content (AvgIpc) is 2.76. The van der Waals surface area contributed by atoms with Crippen LogP contribution in [0.25, 0.3) is 11.1 Å². The lowest BCUT2D eigenvalue weighted by Gasteiger charge is -2.17. The summed E-state index contributed by atoms with van der Waals surface area (Å²) in [5.41, 5.74) is -5.36. The molecule has 0 fully saturated rings. The first-order chi connectivity index (χ1) is 12.0. The summed E-state index contributed by atoms with van der Waals surface area (Å²) in [5.74, 6) is -4.43. The normalized spacial score (nSPS) is 18.5. The highest BCUT2D eigenvalue weighted by molar-refractivity contribution is 8.00. The standard InChI is InChI=1S/C17H9F6NOS/c18-10-4-8(7-24)3-9(5-10)11-1-2-13(26-17(21,22)23)14-12(11)6-16(19,20)15(14)25/h1-5,15,25H,6H2. The molecular formula is C17H9F6NOS. The van der Waals surface area contributed by atoms with Crippen LogP contribution < -0.4 is 0 Å². The van der Waals surface area contributed by atoms with Crippen molar-refractivity contribution in [2.45, 2.75) is 28.9 Å². The Balaban J connectivity index is 2.22. The molecule has 2 aromatic rings. The number of halogens is 6. The molecule has 0 bridgehead atoms. The maximum atomic E-state index is 14.0. The van der Waals surface area contributed by atoms with Gasteiger partial charge in [-0.3, -0.25) is 0 Å². The Labute approximate surface area is 148 Å². The summed E-state index contributed by atoms with van der Waals surface area (Å²) >= 11 is -0.594. The van der Waals surface area contributed by atoms with Gasteiger partial charge in [-0.2, -0.15) is 18.4 Å². The van der Waals surface area contributed by atoms with Crippen LogP contribution in [0.3, 0.4) is 0 Å². The molecule has 1 aliphatic rings. The Morgan fingerprint density at radius 3 is 2.50 bits per heavy atom. The SMILES string of the molecule is N#Cc1cc(F)cc(-c2ccc(SC(F)(F)F)c3c2CC(F)(F)C3O)c1. The van der Waals surface area contributed by atoms with Gasteiger partial charge in [-0.15, -0.1) is 0 Å². The van der Waals surface area contributed by atoms with Gasteiger partial charge >= 0.3 is 5.51 Å². The third-order valence-corrected chi connectivity index (χ3v) is 4.77. The van der Waals surface area contributed by atoms with Crippen LogP contribution in [0.1, 0.15) is 22.8 Å². The van der Waals surface area contributed by atoms with Crippen molar-refractivity contribution in [3.8, 4) is 17.2 Å².